The number of hydrogen-bond donors (Lipinski definition) is 0. The van der Waals surface area contributed by atoms with Gasteiger partial charge in [-0.05, 0) is 83.9 Å². The van der Waals surface area contributed by atoms with Gasteiger partial charge in [-0.3, -0.25) is 0 Å². The fraction of sp³-hybridized carbons (Fsp3) is 0. The third-order valence-corrected chi connectivity index (χ3v) is 8.58. The van der Waals surface area contributed by atoms with Crippen LogP contribution in [0.5, 0.6) is 0 Å². The van der Waals surface area contributed by atoms with E-state index in [0.717, 1.165) is 71.3 Å². The molecule has 0 saturated heterocycles. The van der Waals surface area contributed by atoms with Crippen LogP contribution >= 0.6 is 0 Å². The minimum Gasteiger partial charge on any atom is -0.207 e. The smallest absolute Gasteiger partial charge is 0.131 e. The van der Waals surface area contributed by atoms with E-state index in [1.807, 2.05) is 60.7 Å². The Hall–Kier alpha value is -5.60. The Bertz CT molecular complexity index is 2320. The molecule has 8 aromatic carbocycles. The van der Waals surface area contributed by atoms with Gasteiger partial charge in [-0.15, -0.1) is 0 Å². The average Bonchev–Trinajstić information content (AvgIpc) is 3.08. The van der Waals surface area contributed by atoms with E-state index in [-0.39, 0.29) is 11.6 Å². The number of halogens is 2. The van der Waals surface area contributed by atoms with Gasteiger partial charge in [-0.2, -0.15) is 0 Å². The Kier molecular flexibility index (Phi) is 6.27. The lowest BCUT2D eigenvalue weighted by atomic mass is 9.77. The Morgan fingerprint density at radius 1 is 0.295 bits per heavy atom. The van der Waals surface area contributed by atoms with E-state index in [2.05, 4.69) is 72.8 Å². The van der Waals surface area contributed by atoms with E-state index >= 15 is 4.39 Å². The SMILES string of the molecule is Fc1ccc(-c2c3ccccc3c(-c3ccccc3F)c3c(-c4ccccc4)c4ccccc4c(-c4ccccc4)c23)cc1. The summed E-state index contributed by atoms with van der Waals surface area (Å²) < 4.78 is 30.4. The topological polar surface area (TPSA) is 0 Å². The van der Waals surface area contributed by atoms with Crippen LogP contribution in [-0.2, 0) is 0 Å². The van der Waals surface area contributed by atoms with E-state index in [4.69, 9.17) is 0 Å². The first kappa shape index (κ1) is 26.1. The van der Waals surface area contributed by atoms with Gasteiger partial charge in [0.1, 0.15) is 11.6 Å². The van der Waals surface area contributed by atoms with Gasteiger partial charge in [0.2, 0.25) is 0 Å². The highest BCUT2D eigenvalue weighted by Gasteiger charge is 2.26. The van der Waals surface area contributed by atoms with Gasteiger partial charge < -0.3 is 0 Å². The first-order valence-electron chi connectivity index (χ1n) is 14.8. The molecule has 0 aliphatic carbocycles. The summed E-state index contributed by atoms with van der Waals surface area (Å²) in [5, 5.41) is 6.09. The first-order chi connectivity index (χ1) is 21.7. The van der Waals surface area contributed by atoms with Gasteiger partial charge >= 0.3 is 0 Å². The van der Waals surface area contributed by atoms with Crippen molar-refractivity contribution in [2.75, 3.05) is 0 Å². The van der Waals surface area contributed by atoms with E-state index in [1.165, 1.54) is 18.2 Å². The fourth-order valence-electron chi connectivity index (χ4n) is 6.80. The van der Waals surface area contributed by atoms with Crippen LogP contribution in [0.3, 0.4) is 0 Å². The summed E-state index contributed by atoms with van der Waals surface area (Å²) in [6, 6.07) is 51.2. The molecule has 8 rings (SSSR count). The van der Waals surface area contributed by atoms with E-state index in [9.17, 15) is 4.39 Å². The number of benzene rings is 8. The first-order valence-corrected chi connectivity index (χ1v) is 14.8. The van der Waals surface area contributed by atoms with Crippen LogP contribution in [0.4, 0.5) is 8.78 Å². The van der Waals surface area contributed by atoms with Crippen LogP contribution < -0.4 is 0 Å². The van der Waals surface area contributed by atoms with Crippen LogP contribution in [0.15, 0.2) is 158 Å². The average molecular weight is 569 g/mol. The summed E-state index contributed by atoms with van der Waals surface area (Å²) in [5.41, 5.74) is 7.52. The minimum absolute atomic E-state index is 0.276. The lowest BCUT2D eigenvalue weighted by molar-refractivity contribution is 0.628. The molecule has 0 unspecified atom stereocenters. The molecule has 208 valence electrons. The predicted octanol–water partition coefficient (Wildman–Crippen LogP) is 12.1. The summed E-state index contributed by atoms with van der Waals surface area (Å²) in [6.45, 7) is 0. The molecule has 0 heterocycles. The molecule has 0 bridgehead atoms. The van der Waals surface area contributed by atoms with Crippen LogP contribution in [0.2, 0.25) is 0 Å². The molecule has 0 fully saturated rings. The van der Waals surface area contributed by atoms with E-state index < -0.39 is 0 Å². The van der Waals surface area contributed by atoms with Crippen molar-refractivity contribution in [3.63, 3.8) is 0 Å². The molecule has 0 aliphatic heterocycles. The molecule has 0 spiro atoms. The monoisotopic (exact) mass is 568 g/mol. The van der Waals surface area contributed by atoms with Gasteiger partial charge in [0.15, 0.2) is 0 Å². The third-order valence-electron chi connectivity index (χ3n) is 8.58. The zero-order valence-electron chi connectivity index (χ0n) is 23.8. The van der Waals surface area contributed by atoms with Crippen molar-refractivity contribution >= 4 is 32.3 Å². The maximum Gasteiger partial charge on any atom is 0.131 e. The second kappa shape index (κ2) is 10.6. The molecule has 44 heavy (non-hydrogen) atoms. The lowest BCUT2D eigenvalue weighted by Crippen LogP contribution is -1.98. The van der Waals surface area contributed by atoms with E-state index in [1.54, 1.807) is 6.07 Å². The highest BCUT2D eigenvalue weighted by molar-refractivity contribution is 6.33. The normalized spacial score (nSPS) is 11.4. The van der Waals surface area contributed by atoms with Gasteiger partial charge in [-0.1, -0.05) is 140 Å². The maximum absolute atomic E-state index is 16.0. The second-order valence-electron chi connectivity index (χ2n) is 11.1. The Morgan fingerprint density at radius 2 is 0.659 bits per heavy atom. The quantitative estimate of drug-likeness (QED) is 0.185. The van der Waals surface area contributed by atoms with Crippen molar-refractivity contribution in [2.24, 2.45) is 0 Å². The maximum atomic E-state index is 16.0. The van der Waals surface area contributed by atoms with Crippen molar-refractivity contribution in [2.45, 2.75) is 0 Å². The molecular weight excluding hydrogens is 542 g/mol. The van der Waals surface area contributed by atoms with Crippen LogP contribution in [0, 0.1) is 11.6 Å². The molecule has 0 N–H and O–H groups in total. The number of fused-ring (bicyclic) bond motifs is 3. The Morgan fingerprint density at radius 3 is 1.14 bits per heavy atom. The van der Waals surface area contributed by atoms with Crippen LogP contribution in [0.25, 0.3) is 76.8 Å². The molecule has 0 saturated carbocycles. The number of rotatable bonds is 4. The highest BCUT2D eigenvalue weighted by atomic mass is 19.1. The van der Waals surface area contributed by atoms with Gasteiger partial charge in [0.05, 0.1) is 0 Å². The zero-order chi connectivity index (χ0) is 29.6. The summed E-state index contributed by atoms with van der Waals surface area (Å²) in [7, 11) is 0. The van der Waals surface area contributed by atoms with Crippen molar-refractivity contribution < 1.29 is 8.78 Å². The molecule has 0 aromatic heterocycles. The minimum atomic E-state index is -0.288. The van der Waals surface area contributed by atoms with Crippen molar-refractivity contribution in [1.82, 2.24) is 0 Å². The van der Waals surface area contributed by atoms with Crippen LogP contribution in [-0.4, -0.2) is 0 Å². The third kappa shape index (κ3) is 4.11. The highest BCUT2D eigenvalue weighted by Crippen LogP contribution is 2.53. The molecule has 0 amide bonds. The van der Waals surface area contributed by atoms with Crippen molar-refractivity contribution in [3.05, 3.63) is 169 Å². The summed E-state index contributed by atoms with van der Waals surface area (Å²) in [6.07, 6.45) is 0. The fourth-order valence-corrected chi connectivity index (χ4v) is 6.80. The Labute approximate surface area is 254 Å². The second-order valence-corrected chi connectivity index (χ2v) is 11.1. The standard InChI is InChI=1S/C42H26F2/c43-30-25-23-29(24-26-30)39-33-19-9-10-20-34(33)40(35-21-11-12-22-36(35)44)42-38(28-15-5-2-6-16-28)32-18-8-7-17-31(32)37(41(39)42)27-13-3-1-4-14-27/h1-26H. The molecule has 8 aromatic rings. The van der Waals surface area contributed by atoms with Crippen molar-refractivity contribution in [1.29, 1.82) is 0 Å². The van der Waals surface area contributed by atoms with E-state index in [0.29, 0.717) is 5.56 Å². The lowest BCUT2D eigenvalue weighted by Gasteiger charge is -2.25. The van der Waals surface area contributed by atoms with Gasteiger partial charge in [-0.25, -0.2) is 8.78 Å². The summed E-state index contributed by atoms with van der Waals surface area (Å²) in [4.78, 5) is 0. The summed E-state index contributed by atoms with van der Waals surface area (Å²) >= 11 is 0. The molecule has 2 heteroatoms. The molecular formula is C42H26F2. The number of hydrogen-bond acceptors (Lipinski definition) is 0. The zero-order valence-corrected chi connectivity index (χ0v) is 23.8. The molecule has 0 nitrogen and oxygen atoms in total. The molecule has 0 aliphatic rings. The van der Waals surface area contributed by atoms with Gasteiger partial charge in [0, 0.05) is 11.1 Å². The molecule has 0 atom stereocenters. The van der Waals surface area contributed by atoms with Crippen molar-refractivity contribution in [3.8, 4) is 44.5 Å². The molecule has 0 radical (unpaired) electrons. The largest absolute Gasteiger partial charge is 0.207 e. The summed E-state index contributed by atoms with van der Waals surface area (Å²) in [5.74, 6) is -0.564. The predicted molar refractivity (Wildman–Crippen MR) is 181 cm³/mol. The van der Waals surface area contributed by atoms with Crippen LogP contribution in [0.1, 0.15) is 0 Å². The van der Waals surface area contributed by atoms with Gasteiger partial charge in [0.25, 0.3) is 0 Å². The Balaban J connectivity index is 1.77.